The Hall–Kier alpha value is -3.40. The molecule has 0 aromatic heterocycles. The van der Waals surface area contributed by atoms with Gasteiger partial charge in [-0.2, -0.15) is 0 Å². The lowest BCUT2D eigenvalue weighted by atomic mass is 9.59. The Morgan fingerprint density at radius 1 is 0.973 bits per heavy atom. The Labute approximate surface area is 219 Å². The van der Waals surface area contributed by atoms with E-state index in [-0.39, 0.29) is 41.7 Å². The molecule has 200 valence electrons. The molecule has 0 bridgehead atoms. The van der Waals surface area contributed by atoms with E-state index < -0.39 is 52.8 Å². The fourth-order valence-electron chi connectivity index (χ4n) is 4.86. The van der Waals surface area contributed by atoms with Crippen LogP contribution in [-0.4, -0.2) is 55.3 Å². The number of hydrogen-bond acceptors (Lipinski definition) is 9. The van der Waals surface area contributed by atoms with E-state index in [4.69, 9.17) is 30.5 Å². The third kappa shape index (κ3) is 4.27. The van der Waals surface area contributed by atoms with Gasteiger partial charge in [-0.15, -0.1) is 0 Å². The molecular formula is C26H30ClNO9. The zero-order valence-electron chi connectivity index (χ0n) is 21.6. The van der Waals surface area contributed by atoms with Crippen molar-refractivity contribution in [2.24, 2.45) is 5.41 Å². The lowest BCUT2D eigenvalue weighted by molar-refractivity contribution is -0.178. The third-order valence-corrected chi connectivity index (χ3v) is 6.34. The topological polar surface area (TPSA) is 126 Å². The van der Waals surface area contributed by atoms with Crippen molar-refractivity contribution in [1.29, 1.82) is 0 Å². The highest BCUT2D eigenvalue weighted by molar-refractivity contribution is 6.33. The number of carbonyl (C=O) groups excluding carboxylic acids is 5. The van der Waals surface area contributed by atoms with Gasteiger partial charge in [0.2, 0.25) is 0 Å². The summed E-state index contributed by atoms with van der Waals surface area (Å²) < 4.78 is 21.3. The first kappa shape index (κ1) is 28.2. The van der Waals surface area contributed by atoms with Crippen molar-refractivity contribution in [2.75, 3.05) is 24.7 Å². The SMILES string of the molecule is CCOC(=O)C1=CCC(C(=O)OCC)(C(=O)OCC)C12C(=O)N(C(=O)OC(C)(C)C)c1ccc(Cl)cc12. The molecule has 1 atom stereocenters. The Morgan fingerprint density at radius 2 is 1.54 bits per heavy atom. The maximum Gasteiger partial charge on any atom is 0.421 e. The summed E-state index contributed by atoms with van der Waals surface area (Å²) in [6.07, 6.45) is -0.194. The van der Waals surface area contributed by atoms with E-state index >= 15 is 0 Å². The van der Waals surface area contributed by atoms with Crippen molar-refractivity contribution in [2.45, 2.75) is 59.0 Å². The minimum absolute atomic E-state index is 0.00118. The molecule has 1 heterocycles. The molecule has 1 aromatic carbocycles. The highest BCUT2D eigenvalue weighted by atomic mass is 35.5. The van der Waals surface area contributed by atoms with Crippen LogP contribution >= 0.6 is 11.6 Å². The standard InChI is InChI=1S/C26H30ClNO9/c1-7-34-19(29)16-12-13-25(21(31)35-8-2,22(32)36-9-3)26(16)17-14-15(27)10-11-18(17)28(20(26)30)23(33)37-24(4,5)6/h10-12,14H,7-9,13H2,1-6H3. The van der Waals surface area contributed by atoms with Crippen molar-refractivity contribution in [1.82, 2.24) is 0 Å². The Kier molecular flexibility index (Phi) is 7.74. The monoisotopic (exact) mass is 535 g/mol. The largest absolute Gasteiger partial charge is 0.465 e. The molecule has 11 heteroatoms. The van der Waals surface area contributed by atoms with Crippen LogP contribution in [0, 0.1) is 5.41 Å². The molecule has 0 N–H and O–H groups in total. The van der Waals surface area contributed by atoms with Crippen LogP contribution in [0.25, 0.3) is 0 Å². The van der Waals surface area contributed by atoms with E-state index in [2.05, 4.69) is 0 Å². The van der Waals surface area contributed by atoms with Crippen LogP contribution in [0.4, 0.5) is 10.5 Å². The lowest BCUT2D eigenvalue weighted by Crippen LogP contribution is -2.61. The number of halogens is 1. The highest BCUT2D eigenvalue weighted by Crippen LogP contribution is 2.62. The average molecular weight is 536 g/mol. The number of ether oxygens (including phenoxy) is 4. The van der Waals surface area contributed by atoms with Crippen LogP contribution in [0.3, 0.4) is 0 Å². The van der Waals surface area contributed by atoms with Crippen LogP contribution in [0.1, 0.15) is 53.5 Å². The minimum Gasteiger partial charge on any atom is -0.465 e. The molecule has 1 aromatic rings. The first-order valence-corrected chi connectivity index (χ1v) is 12.3. The van der Waals surface area contributed by atoms with Gasteiger partial charge in [-0.3, -0.25) is 14.4 Å². The Balaban J connectivity index is 2.45. The molecule has 10 nitrogen and oxygen atoms in total. The molecule has 0 radical (unpaired) electrons. The molecule has 1 unspecified atom stereocenters. The van der Waals surface area contributed by atoms with Gasteiger partial charge in [0.25, 0.3) is 5.91 Å². The summed E-state index contributed by atoms with van der Waals surface area (Å²) in [5.41, 5.74) is -6.06. The predicted octanol–water partition coefficient (Wildman–Crippen LogP) is 3.87. The molecule has 37 heavy (non-hydrogen) atoms. The molecule has 0 fully saturated rings. The summed E-state index contributed by atoms with van der Waals surface area (Å²) >= 11 is 6.32. The predicted molar refractivity (Wildman–Crippen MR) is 132 cm³/mol. The van der Waals surface area contributed by atoms with E-state index in [0.29, 0.717) is 4.90 Å². The van der Waals surface area contributed by atoms with E-state index in [1.165, 1.54) is 38.1 Å². The summed E-state index contributed by atoms with van der Waals surface area (Å²) in [5.74, 6) is -4.18. The van der Waals surface area contributed by atoms with Crippen LogP contribution in [0.15, 0.2) is 29.8 Å². The van der Waals surface area contributed by atoms with Crippen molar-refractivity contribution in [3.05, 3.63) is 40.4 Å². The van der Waals surface area contributed by atoms with Gasteiger partial charge in [-0.05, 0) is 71.7 Å². The molecular weight excluding hydrogens is 506 g/mol. The number of allylic oxidation sites excluding steroid dienone is 1. The second-order valence-corrected chi connectivity index (χ2v) is 9.86. The van der Waals surface area contributed by atoms with Gasteiger partial charge in [0.05, 0.1) is 31.1 Å². The summed E-state index contributed by atoms with van der Waals surface area (Å²) in [7, 11) is 0. The van der Waals surface area contributed by atoms with Gasteiger partial charge in [0.1, 0.15) is 11.0 Å². The molecule has 3 rings (SSSR count). The minimum atomic E-state index is -2.38. The first-order valence-electron chi connectivity index (χ1n) is 11.9. The number of rotatable bonds is 6. The second kappa shape index (κ2) is 10.2. The van der Waals surface area contributed by atoms with Crippen molar-refractivity contribution in [3.63, 3.8) is 0 Å². The zero-order valence-corrected chi connectivity index (χ0v) is 22.4. The maximum atomic E-state index is 14.5. The molecule has 0 saturated heterocycles. The van der Waals surface area contributed by atoms with E-state index in [0.717, 1.165) is 0 Å². The number of hydrogen-bond donors (Lipinski definition) is 0. The lowest BCUT2D eigenvalue weighted by Gasteiger charge is -2.39. The second-order valence-electron chi connectivity index (χ2n) is 9.42. The van der Waals surface area contributed by atoms with E-state index in [1.54, 1.807) is 27.7 Å². The summed E-state index contributed by atoms with van der Waals surface area (Å²) in [6, 6.07) is 4.16. The van der Waals surface area contributed by atoms with Gasteiger partial charge in [-0.25, -0.2) is 14.5 Å². The molecule has 1 spiro atoms. The van der Waals surface area contributed by atoms with Gasteiger partial charge in [-0.1, -0.05) is 17.7 Å². The number of fused-ring (bicyclic) bond motifs is 2. The van der Waals surface area contributed by atoms with Gasteiger partial charge in [0.15, 0.2) is 5.41 Å². The number of imide groups is 1. The Bertz CT molecular complexity index is 1160. The van der Waals surface area contributed by atoms with Gasteiger partial charge < -0.3 is 18.9 Å². The van der Waals surface area contributed by atoms with E-state index in [1.807, 2.05) is 0 Å². The molecule has 1 aliphatic heterocycles. The number of benzene rings is 1. The molecule has 0 saturated carbocycles. The van der Waals surface area contributed by atoms with Crippen molar-refractivity contribution < 1.29 is 42.9 Å². The number of nitrogens with zero attached hydrogens (tertiary/aromatic N) is 1. The van der Waals surface area contributed by atoms with Gasteiger partial charge >= 0.3 is 24.0 Å². The number of esters is 3. The fraction of sp³-hybridized carbons (Fsp3) is 0.500. The third-order valence-electron chi connectivity index (χ3n) is 6.10. The number of anilines is 1. The van der Waals surface area contributed by atoms with Crippen LogP contribution in [0.2, 0.25) is 5.02 Å². The van der Waals surface area contributed by atoms with Gasteiger partial charge in [0, 0.05) is 5.02 Å². The van der Waals surface area contributed by atoms with Crippen LogP contribution < -0.4 is 4.90 Å². The number of amides is 2. The van der Waals surface area contributed by atoms with E-state index in [9.17, 15) is 24.0 Å². The Morgan fingerprint density at radius 3 is 2.05 bits per heavy atom. The summed E-state index contributed by atoms with van der Waals surface area (Å²) in [5, 5.41) is 0.133. The summed E-state index contributed by atoms with van der Waals surface area (Å²) in [4.78, 5) is 69.2. The smallest absolute Gasteiger partial charge is 0.421 e. The van der Waals surface area contributed by atoms with Crippen LogP contribution in [-0.2, 0) is 43.5 Å². The first-order chi connectivity index (χ1) is 17.3. The molecule has 2 aliphatic rings. The fourth-order valence-corrected chi connectivity index (χ4v) is 5.03. The maximum absolute atomic E-state index is 14.5. The number of carbonyl (C=O) groups is 5. The zero-order chi connectivity index (χ0) is 27.8. The highest BCUT2D eigenvalue weighted by Gasteiger charge is 2.77. The molecule has 2 amide bonds. The van der Waals surface area contributed by atoms with Crippen molar-refractivity contribution in [3.8, 4) is 0 Å². The average Bonchev–Trinajstić information content (AvgIpc) is 3.28. The normalized spacial score (nSPS) is 19.8. The summed E-state index contributed by atoms with van der Waals surface area (Å²) in [6.45, 7) is 9.18. The van der Waals surface area contributed by atoms with Crippen molar-refractivity contribution >= 4 is 47.2 Å². The molecule has 1 aliphatic carbocycles. The quantitative estimate of drug-likeness (QED) is 0.303. The van der Waals surface area contributed by atoms with Crippen LogP contribution in [0.5, 0.6) is 0 Å².